The topological polar surface area (TPSA) is 17.8 Å². The molecule has 0 N–H and O–H groups in total. The van der Waals surface area contributed by atoms with Gasteiger partial charge in [0.15, 0.2) is 0 Å². The first-order valence-electron chi connectivity index (χ1n) is 5.65. The van der Waals surface area contributed by atoms with Crippen LogP contribution in [0.3, 0.4) is 0 Å². The number of hydrogen-bond donors (Lipinski definition) is 0. The molecule has 0 aliphatic heterocycles. The molecule has 2 aromatic rings. The molecule has 0 saturated carbocycles. The first kappa shape index (κ1) is 10.2. The minimum absolute atomic E-state index is 0.577. The number of rotatable bonds is 3. The average Bonchev–Trinajstić information content (AvgIpc) is 2.58. The van der Waals surface area contributed by atoms with E-state index in [0.717, 1.165) is 0 Å². The molecule has 0 saturated heterocycles. The fourth-order valence-electron chi connectivity index (χ4n) is 2.19. The van der Waals surface area contributed by atoms with Crippen LogP contribution in [0, 0.1) is 6.92 Å². The van der Waals surface area contributed by atoms with Crippen molar-refractivity contribution in [2.24, 2.45) is 0 Å². The van der Waals surface area contributed by atoms with Gasteiger partial charge >= 0.3 is 0 Å². The van der Waals surface area contributed by atoms with E-state index in [1.54, 1.807) is 0 Å². The van der Waals surface area contributed by atoms with Crippen LogP contribution in [-0.4, -0.2) is 9.55 Å². The minimum Gasteiger partial charge on any atom is -0.344 e. The Labute approximate surface area is 90.9 Å². The summed E-state index contributed by atoms with van der Waals surface area (Å²) in [6, 6.07) is 2.68. The fourth-order valence-corrected chi connectivity index (χ4v) is 2.19. The average molecular weight is 202 g/mol. The molecule has 0 radical (unpaired) electrons. The van der Waals surface area contributed by atoms with E-state index in [0.29, 0.717) is 6.04 Å². The molecule has 0 aliphatic carbocycles. The summed E-state index contributed by atoms with van der Waals surface area (Å²) in [5.41, 5.74) is 2.63. The summed E-state index contributed by atoms with van der Waals surface area (Å²) in [5, 5.41) is 1.28. The van der Waals surface area contributed by atoms with E-state index in [2.05, 4.69) is 42.6 Å². The minimum atomic E-state index is 0.577. The van der Waals surface area contributed by atoms with Crippen LogP contribution in [0.5, 0.6) is 0 Å². The van der Waals surface area contributed by atoms with Gasteiger partial charge in [0.25, 0.3) is 0 Å². The molecule has 0 unspecified atom stereocenters. The van der Waals surface area contributed by atoms with Crippen molar-refractivity contribution in [3.05, 3.63) is 30.2 Å². The number of aryl methyl sites for hydroxylation is 1. The van der Waals surface area contributed by atoms with Gasteiger partial charge in [-0.3, -0.25) is 4.98 Å². The van der Waals surface area contributed by atoms with Crippen LogP contribution in [0.25, 0.3) is 10.9 Å². The van der Waals surface area contributed by atoms with Crippen LogP contribution in [0.15, 0.2) is 24.7 Å². The molecule has 2 heteroatoms. The lowest BCUT2D eigenvalue weighted by Gasteiger charge is -2.13. The fraction of sp³-hybridized carbons (Fsp3) is 0.462. The molecule has 1 atom stereocenters. The molecule has 0 aliphatic rings. The van der Waals surface area contributed by atoms with Crippen LogP contribution in [0.1, 0.15) is 38.3 Å². The maximum Gasteiger partial charge on any atom is 0.0516 e. The van der Waals surface area contributed by atoms with Crippen molar-refractivity contribution in [3.8, 4) is 0 Å². The van der Waals surface area contributed by atoms with Crippen molar-refractivity contribution in [2.45, 2.75) is 39.7 Å². The van der Waals surface area contributed by atoms with Crippen LogP contribution in [-0.2, 0) is 0 Å². The van der Waals surface area contributed by atoms with E-state index in [9.17, 15) is 0 Å². The predicted molar refractivity (Wildman–Crippen MR) is 64.1 cm³/mol. The summed E-state index contributed by atoms with van der Waals surface area (Å²) in [4.78, 5) is 4.18. The van der Waals surface area contributed by atoms with Gasteiger partial charge in [0.2, 0.25) is 0 Å². The predicted octanol–water partition coefficient (Wildman–Crippen LogP) is 3.71. The van der Waals surface area contributed by atoms with Gasteiger partial charge in [-0.15, -0.1) is 0 Å². The lowest BCUT2D eigenvalue weighted by molar-refractivity contribution is 0.514. The van der Waals surface area contributed by atoms with E-state index in [1.807, 2.05) is 12.4 Å². The van der Waals surface area contributed by atoms with E-state index < -0.39 is 0 Å². The van der Waals surface area contributed by atoms with E-state index in [4.69, 9.17) is 0 Å². The Balaban J connectivity index is 2.52. The first-order chi connectivity index (χ1) is 7.24. The van der Waals surface area contributed by atoms with E-state index in [-0.39, 0.29) is 0 Å². The largest absolute Gasteiger partial charge is 0.344 e. The highest BCUT2D eigenvalue weighted by Gasteiger charge is 2.09. The van der Waals surface area contributed by atoms with Crippen molar-refractivity contribution in [1.82, 2.24) is 9.55 Å². The summed E-state index contributed by atoms with van der Waals surface area (Å²) >= 11 is 0. The Morgan fingerprint density at radius 1 is 1.47 bits per heavy atom. The highest BCUT2D eigenvalue weighted by Crippen LogP contribution is 2.25. The SMILES string of the molecule is CCC[C@@H](C)n1cc(C)c2cnccc21. The van der Waals surface area contributed by atoms with E-state index >= 15 is 0 Å². The van der Waals surface area contributed by atoms with Crippen molar-refractivity contribution in [2.75, 3.05) is 0 Å². The van der Waals surface area contributed by atoms with Crippen LogP contribution < -0.4 is 0 Å². The Bertz CT molecular complexity index is 457. The highest BCUT2D eigenvalue weighted by molar-refractivity contribution is 5.82. The molecule has 0 fully saturated rings. The van der Waals surface area contributed by atoms with E-state index in [1.165, 1.54) is 29.3 Å². The van der Waals surface area contributed by atoms with Crippen molar-refractivity contribution < 1.29 is 0 Å². The summed E-state index contributed by atoms with van der Waals surface area (Å²) in [7, 11) is 0. The summed E-state index contributed by atoms with van der Waals surface area (Å²) in [6.45, 7) is 6.67. The highest BCUT2D eigenvalue weighted by atomic mass is 15.0. The first-order valence-corrected chi connectivity index (χ1v) is 5.65. The molecule has 80 valence electrons. The normalized spacial score (nSPS) is 13.3. The number of pyridine rings is 1. The third-order valence-corrected chi connectivity index (χ3v) is 3.02. The molecule has 0 spiro atoms. The van der Waals surface area contributed by atoms with Gasteiger partial charge < -0.3 is 4.57 Å². The van der Waals surface area contributed by atoms with Crippen LogP contribution in [0.2, 0.25) is 0 Å². The third kappa shape index (κ3) is 1.76. The molecule has 2 aromatic heterocycles. The lowest BCUT2D eigenvalue weighted by Crippen LogP contribution is -2.02. The summed E-state index contributed by atoms with van der Waals surface area (Å²) in [5.74, 6) is 0. The lowest BCUT2D eigenvalue weighted by atomic mass is 10.2. The molecule has 0 bridgehead atoms. The second-order valence-electron chi connectivity index (χ2n) is 4.25. The summed E-state index contributed by atoms with van der Waals surface area (Å²) in [6.07, 6.45) is 8.53. The molecule has 2 nitrogen and oxygen atoms in total. The maximum absolute atomic E-state index is 4.18. The standard InChI is InChI=1S/C13H18N2/c1-4-5-11(3)15-9-10(2)12-8-14-7-6-13(12)15/h6-9,11H,4-5H2,1-3H3/t11-/m1/s1. The quantitative estimate of drug-likeness (QED) is 0.742. The zero-order valence-electron chi connectivity index (χ0n) is 9.70. The Morgan fingerprint density at radius 3 is 3.00 bits per heavy atom. The molecule has 0 amide bonds. The Kier molecular flexibility index (Phi) is 2.76. The number of hydrogen-bond acceptors (Lipinski definition) is 1. The molecular formula is C13H18N2. The monoisotopic (exact) mass is 202 g/mol. The second-order valence-corrected chi connectivity index (χ2v) is 4.25. The van der Waals surface area contributed by atoms with Gasteiger partial charge in [0, 0.05) is 30.0 Å². The number of nitrogens with zero attached hydrogens (tertiary/aromatic N) is 2. The smallest absolute Gasteiger partial charge is 0.0516 e. The number of fused-ring (bicyclic) bond motifs is 1. The van der Waals surface area contributed by atoms with Gasteiger partial charge in [0.1, 0.15) is 0 Å². The van der Waals surface area contributed by atoms with Gasteiger partial charge in [0.05, 0.1) is 5.52 Å². The molecular weight excluding hydrogens is 184 g/mol. The zero-order chi connectivity index (χ0) is 10.8. The molecule has 2 heterocycles. The number of aromatic nitrogens is 2. The van der Waals surface area contributed by atoms with Crippen LogP contribution >= 0.6 is 0 Å². The molecule has 15 heavy (non-hydrogen) atoms. The summed E-state index contributed by atoms with van der Waals surface area (Å²) < 4.78 is 2.37. The van der Waals surface area contributed by atoms with Crippen molar-refractivity contribution in [3.63, 3.8) is 0 Å². The second kappa shape index (κ2) is 4.05. The van der Waals surface area contributed by atoms with Crippen molar-refractivity contribution in [1.29, 1.82) is 0 Å². The van der Waals surface area contributed by atoms with Gasteiger partial charge in [-0.05, 0) is 31.9 Å². The maximum atomic E-state index is 4.18. The van der Waals surface area contributed by atoms with Gasteiger partial charge in [-0.1, -0.05) is 13.3 Å². The third-order valence-electron chi connectivity index (χ3n) is 3.02. The van der Waals surface area contributed by atoms with Gasteiger partial charge in [-0.25, -0.2) is 0 Å². The Morgan fingerprint density at radius 2 is 2.27 bits per heavy atom. The van der Waals surface area contributed by atoms with Crippen molar-refractivity contribution >= 4 is 10.9 Å². The zero-order valence-corrected chi connectivity index (χ0v) is 9.70. The van der Waals surface area contributed by atoms with Gasteiger partial charge in [-0.2, -0.15) is 0 Å². The molecule has 0 aromatic carbocycles. The van der Waals surface area contributed by atoms with Crippen LogP contribution in [0.4, 0.5) is 0 Å². The Hall–Kier alpha value is -1.31. The molecule has 2 rings (SSSR count).